The zero-order valence-corrected chi connectivity index (χ0v) is 18.4. The van der Waals surface area contributed by atoms with Crippen LogP contribution in [-0.2, 0) is 11.2 Å². The van der Waals surface area contributed by atoms with Crippen LogP contribution in [0.3, 0.4) is 0 Å². The van der Waals surface area contributed by atoms with Gasteiger partial charge in [-0.05, 0) is 79.6 Å². The van der Waals surface area contributed by atoms with Crippen LogP contribution in [0.5, 0.6) is 5.75 Å². The Labute approximate surface area is 195 Å². The maximum Gasteiger partial charge on any atom is 0.266 e. The summed E-state index contributed by atoms with van der Waals surface area (Å²) in [5.74, 6) is -0.703. The molecule has 2 aliphatic heterocycles. The van der Waals surface area contributed by atoms with E-state index in [1.54, 1.807) is 36.4 Å². The van der Waals surface area contributed by atoms with Crippen LogP contribution in [0.25, 0.3) is 0 Å². The van der Waals surface area contributed by atoms with Crippen molar-refractivity contribution in [1.29, 1.82) is 0 Å². The molecule has 170 valence electrons. The topological polar surface area (TPSA) is 105 Å². The van der Waals surface area contributed by atoms with Crippen LogP contribution in [0.2, 0.25) is 0 Å². The van der Waals surface area contributed by atoms with Gasteiger partial charge < -0.3 is 15.4 Å². The number of fused-ring (bicyclic) bond motifs is 2. The molecule has 2 heterocycles. The normalized spacial score (nSPS) is 14.4. The molecule has 0 spiro atoms. The lowest BCUT2D eigenvalue weighted by atomic mass is 10.0. The third-order valence-corrected chi connectivity index (χ3v) is 5.81. The average molecular weight is 455 g/mol. The van der Waals surface area contributed by atoms with Crippen LogP contribution in [-0.4, -0.2) is 30.2 Å². The minimum absolute atomic E-state index is 0.0269. The lowest BCUT2D eigenvalue weighted by molar-refractivity contribution is -0.116. The van der Waals surface area contributed by atoms with Crippen LogP contribution in [0.1, 0.15) is 50.0 Å². The van der Waals surface area contributed by atoms with Crippen LogP contribution >= 0.6 is 0 Å². The number of imide groups is 1. The van der Waals surface area contributed by atoms with Crippen molar-refractivity contribution in [2.24, 2.45) is 0 Å². The van der Waals surface area contributed by atoms with Gasteiger partial charge in [0.05, 0.1) is 23.4 Å². The molecule has 0 atom stereocenters. The fourth-order valence-electron chi connectivity index (χ4n) is 4.14. The van der Waals surface area contributed by atoms with Gasteiger partial charge in [0.2, 0.25) is 5.91 Å². The Morgan fingerprint density at radius 2 is 1.71 bits per heavy atom. The minimum atomic E-state index is -0.483. The third kappa shape index (κ3) is 3.79. The quantitative estimate of drug-likeness (QED) is 0.566. The van der Waals surface area contributed by atoms with Crippen LogP contribution in [0.4, 0.5) is 17.1 Å². The number of carbonyl (C=O) groups excluding carboxylic acids is 4. The van der Waals surface area contributed by atoms with Gasteiger partial charge >= 0.3 is 0 Å². The molecule has 8 nitrogen and oxygen atoms in total. The zero-order chi connectivity index (χ0) is 23.8. The fourth-order valence-corrected chi connectivity index (χ4v) is 4.14. The van der Waals surface area contributed by atoms with Crippen molar-refractivity contribution >= 4 is 40.7 Å². The molecule has 0 aromatic heterocycles. The van der Waals surface area contributed by atoms with E-state index in [0.29, 0.717) is 36.6 Å². The standard InChI is InChI=1S/C26H21N3O5/c1-2-34-19-8-6-18(7-9-19)29-25(32)20-10-3-16(14-21(20)26(29)33)24(31)27-17-5-11-22-15(13-17)4-12-23(30)28-22/h3,5-11,13-14H,2,4,12H2,1H3,(H,27,31)(H,28,30). The van der Waals surface area contributed by atoms with E-state index in [9.17, 15) is 19.2 Å². The summed E-state index contributed by atoms with van der Waals surface area (Å²) in [4.78, 5) is 51.4. The summed E-state index contributed by atoms with van der Waals surface area (Å²) in [5.41, 5.74) is 3.39. The Morgan fingerprint density at radius 1 is 0.941 bits per heavy atom. The predicted molar refractivity (Wildman–Crippen MR) is 127 cm³/mol. The van der Waals surface area contributed by atoms with Gasteiger partial charge in [0.1, 0.15) is 5.75 Å². The van der Waals surface area contributed by atoms with Crippen LogP contribution < -0.4 is 20.3 Å². The predicted octanol–water partition coefficient (Wildman–Crippen LogP) is 4.02. The molecule has 5 rings (SSSR count). The number of rotatable bonds is 5. The first-order valence-corrected chi connectivity index (χ1v) is 10.9. The van der Waals surface area contributed by atoms with E-state index in [0.717, 1.165) is 16.2 Å². The van der Waals surface area contributed by atoms with Gasteiger partial charge in [0.15, 0.2) is 0 Å². The Hall–Kier alpha value is -4.46. The molecule has 0 fully saturated rings. The van der Waals surface area contributed by atoms with Crippen molar-refractivity contribution in [2.75, 3.05) is 22.1 Å². The van der Waals surface area contributed by atoms with Crippen LogP contribution in [0, 0.1) is 0 Å². The number of hydrogen-bond donors (Lipinski definition) is 2. The molecule has 0 unspecified atom stereocenters. The number of amides is 4. The number of nitrogens with one attached hydrogen (secondary N) is 2. The number of ether oxygens (including phenoxy) is 1. The van der Waals surface area contributed by atoms with E-state index in [4.69, 9.17) is 4.74 Å². The lowest BCUT2D eigenvalue weighted by Crippen LogP contribution is -2.29. The summed E-state index contributed by atoms with van der Waals surface area (Å²) in [6.07, 6.45) is 0.998. The molecule has 4 amide bonds. The number of carbonyl (C=O) groups is 4. The average Bonchev–Trinajstić information content (AvgIpc) is 3.09. The highest BCUT2D eigenvalue weighted by Gasteiger charge is 2.37. The summed E-state index contributed by atoms with van der Waals surface area (Å²) in [6.45, 7) is 2.38. The van der Waals surface area contributed by atoms with Crippen molar-refractivity contribution in [1.82, 2.24) is 0 Å². The summed E-state index contributed by atoms with van der Waals surface area (Å²) in [6, 6.07) is 16.5. The molecule has 0 radical (unpaired) electrons. The molecule has 2 N–H and O–H groups in total. The molecule has 8 heteroatoms. The monoisotopic (exact) mass is 455 g/mol. The third-order valence-electron chi connectivity index (χ3n) is 5.81. The van der Waals surface area contributed by atoms with Crippen molar-refractivity contribution in [3.05, 3.63) is 82.9 Å². The number of benzene rings is 3. The van der Waals surface area contributed by atoms with Crippen molar-refractivity contribution in [3.8, 4) is 5.75 Å². The maximum absolute atomic E-state index is 13.0. The second kappa shape index (κ2) is 8.47. The van der Waals surface area contributed by atoms with Gasteiger partial charge in [-0.15, -0.1) is 0 Å². The van der Waals surface area contributed by atoms with Gasteiger partial charge in [0, 0.05) is 23.4 Å². The highest BCUT2D eigenvalue weighted by molar-refractivity contribution is 6.34. The molecule has 3 aromatic rings. The minimum Gasteiger partial charge on any atom is -0.494 e. The first-order chi connectivity index (χ1) is 16.4. The van der Waals surface area contributed by atoms with Crippen LogP contribution in [0.15, 0.2) is 60.7 Å². The van der Waals surface area contributed by atoms with E-state index in [-0.39, 0.29) is 22.6 Å². The van der Waals surface area contributed by atoms with E-state index < -0.39 is 17.7 Å². The highest BCUT2D eigenvalue weighted by atomic mass is 16.5. The fraction of sp³-hybridized carbons (Fsp3) is 0.154. The highest BCUT2D eigenvalue weighted by Crippen LogP contribution is 2.31. The first kappa shape index (κ1) is 21.4. The second-order valence-corrected chi connectivity index (χ2v) is 8.01. The first-order valence-electron chi connectivity index (χ1n) is 10.9. The zero-order valence-electron chi connectivity index (χ0n) is 18.4. The summed E-state index contributed by atoms with van der Waals surface area (Å²) < 4.78 is 5.41. The van der Waals surface area contributed by atoms with Gasteiger partial charge in [-0.1, -0.05) is 0 Å². The van der Waals surface area contributed by atoms with Crippen molar-refractivity contribution in [2.45, 2.75) is 19.8 Å². The van der Waals surface area contributed by atoms with Gasteiger partial charge in [-0.3, -0.25) is 19.2 Å². The summed E-state index contributed by atoms with van der Waals surface area (Å²) in [7, 11) is 0. The Morgan fingerprint density at radius 3 is 2.47 bits per heavy atom. The smallest absolute Gasteiger partial charge is 0.266 e. The molecule has 0 saturated heterocycles. The number of hydrogen-bond acceptors (Lipinski definition) is 5. The van der Waals surface area contributed by atoms with E-state index in [1.807, 2.05) is 13.0 Å². The number of nitrogens with zero attached hydrogens (tertiary/aromatic N) is 1. The molecule has 2 aliphatic rings. The van der Waals surface area contributed by atoms with Gasteiger partial charge in [0.25, 0.3) is 17.7 Å². The Bertz CT molecular complexity index is 1350. The van der Waals surface area contributed by atoms with Gasteiger partial charge in [-0.2, -0.15) is 0 Å². The van der Waals surface area contributed by atoms with E-state index >= 15 is 0 Å². The molecule has 0 saturated carbocycles. The molecule has 0 aliphatic carbocycles. The van der Waals surface area contributed by atoms with Gasteiger partial charge in [-0.25, -0.2) is 4.90 Å². The summed E-state index contributed by atoms with van der Waals surface area (Å²) in [5, 5.41) is 5.63. The number of anilines is 3. The maximum atomic E-state index is 13.0. The summed E-state index contributed by atoms with van der Waals surface area (Å²) >= 11 is 0. The lowest BCUT2D eigenvalue weighted by Gasteiger charge is -2.17. The van der Waals surface area contributed by atoms with Crippen molar-refractivity contribution < 1.29 is 23.9 Å². The van der Waals surface area contributed by atoms with E-state index in [1.165, 1.54) is 18.2 Å². The molecule has 0 bridgehead atoms. The largest absolute Gasteiger partial charge is 0.494 e. The van der Waals surface area contributed by atoms with E-state index in [2.05, 4.69) is 10.6 Å². The Balaban J connectivity index is 1.36. The molecule has 3 aromatic carbocycles. The van der Waals surface area contributed by atoms with Crippen molar-refractivity contribution in [3.63, 3.8) is 0 Å². The number of aryl methyl sites for hydroxylation is 1. The SMILES string of the molecule is CCOc1ccc(N2C(=O)c3ccc(C(=O)Nc4ccc5c(c4)CCC(=O)N5)cc3C2=O)cc1. The Kier molecular flexibility index (Phi) is 5.33. The molecular weight excluding hydrogens is 434 g/mol. The molecule has 34 heavy (non-hydrogen) atoms. The second-order valence-electron chi connectivity index (χ2n) is 8.01. The molecular formula is C26H21N3O5.